The van der Waals surface area contributed by atoms with Crippen LogP contribution < -0.4 is 10.2 Å². The second kappa shape index (κ2) is 8.16. The van der Waals surface area contributed by atoms with Gasteiger partial charge in [0.1, 0.15) is 5.82 Å². The summed E-state index contributed by atoms with van der Waals surface area (Å²) in [6.07, 6.45) is 0.557. The van der Waals surface area contributed by atoms with Crippen molar-refractivity contribution in [2.45, 2.75) is 38.1 Å². The summed E-state index contributed by atoms with van der Waals surface area (Å²) in [5.74, 6) is -1.14. The Morgan fingerprint density at radius 3 is 2.57 bits per heavy atom. The van der Waals surface area contributed by atoms with Gasteiger partial charge in [-0.1, -0.05) is 6.07 Å². The Morgan fingerprint density at radius 1 is 1.23 bits per heavy atom. The molecule has 0 aromatic heterocycles. The molecule has 3 rings (SSSR count). The zero-order valence-corrected chi connectivity index (χ0v) is 18.1. The smallest absolute Gasteiger partial charge is 0.243 e. The number of rotatable bonds is 5. The number of benzene rings is 2. The zero-order valence-electron chi connectivity index (χ0n) is 17.3. The first-order chi connectivity index (χ1) is 14.0. The lowest BCUT2D eigenvalue weighted by atomic mass is 10.1. The first-order valence-electron chi connectivity index (χ1n) is 9.45. The van der Waals surface area contributed by atoms with Crippen molar-refractivity contribution in [1.82, 2.24) is 4.31 Å². The highest BCUT2D eigenvalue weighted by Gasteiger charge is 2.31. The van der Waals surface area contributed by atoms with Gasteiger partial charge in [-0.25, -0.2) is 12.8 Å². The summed E-state index contributed by atoms with van der Waals surface area (Å²) in [6, 6.07) is 8.82. The molecule has 0 saturated heterocycles. The van der Waals surface area contributed by atoms with E-state index in [0.29, 0.717) is 17.7 Å². The first-order valence-corrected chi connectivity index (χ1v) is 10.9. The molecule has 160 valence electrons. The van der Waals surface area contributed by atoms with Crippen LogP contribution in [0.15, 0.2) is 41.3 Å². The number of carbonyl (C=O) groups is 2. The minimum Gasteiger partial charge on any atom is -0.325 e. The number of nitrogens with zero attached hydrogens (tertiary/aromatic N) is 2. The molecule has 1 unspecified atom stereocenters. The summed E-state index contributed by atoms with van der Waals surface area (Å²) >= 11 is 0. The largest absolute Gasteiger partial charge is 0.325 e. The molecule has 2 amide bonds. The molecule has 1 N–H and O–H groups in total. The summed E-state index contributed by atoms with van der Waals surface area (Å²) in [6.45, 7) is 4.56. The number of aryl methyl sites for hydroxylation is 1. The molecule has 0 fully saturated rings. The van der Waals surface area contributed by atoms with Gasteiger partial charge in [0.25, 0.3) is 0 Å². The van der Waals surface area contributed by atoms with Crippen LogP contribution in [-0.4, -0.2) is 44.2 Å². The lowest BCUT2D eigenvalue weighted by Gasteiger charge is -2.21. The van der Waals surface area contributed by atoms with Crippen LogP contribution in [0.5, 0.6) is 0 Å². The van der Waals surface area contributed by atoms with Crippen molar-refractivity contribution in [1.29, 1.82) is 0 Å². The highest BCUT2D eigenvalue weighted by molar-refractivity contribution is 7.89. The fourth-order valence-corrected chi connectivity index (χ4v) is 4.76. The van der Waals surface area contributed by atoms with E-state index in [-0.39, 0.29) is 22.5 Å². The summed E-state index contributed by atoms with van der Waals surface area (Å²) in [4.78, 5) is 25.8. The van der Waals surface area contributed by atoms with E-state index < -0.39 is 28.3 Å². The number of hydrogen-bond donors (Lipinski definition) is 1. The Kier molecular flexibility index (Phi) is 5.96. The number of anilines is 2. The van der Waals surface area contributed by atoms with Crippen LogP contribution in [0.3, 0.4) is 0 Å². The summed E-state index contributed by atoms with van der Waals surface area (Å²) in [7, 11) is -2.62. The quantitative estimate of drug-likeness (QED) is 0.786. The van der Waals surface area contributed by atoms with E-state index in [4.69, 9.17) is 0 Å². The van der Waals surface area contributed by atoms with Gasteiger partial charge in [0.05, 0.1) is 11.4 Å². The number of halogens is 1. The third-order valence-electron chi connectivity index (χ3n) is 5.14. The number of sulfonamides is 1. The minimum atomic E-state index is -3.92. The van der Waals surface area contributed by atoms with Crippen molar-refractivity contribution < 1.29 is 22.4 Å². The van der Waals surface area contributed by atoms with Gasteiger partial charge in [0.15, 0.2) is 0 Å². The van der Waals surface area contributed by atoms with Crippen molar-refractivity contribution in [3.63, 3.8) is 0 Å². The fraction of sp³-hybridized carbons (Fsp3) is 0.333. The molecule has 9 heteroatoms. The van der Waals surface area contributed by atoms with Gasteiger partial charge in [-0.3, -0.25) is 9.59 Å². The molecule has 2 aromatic carbocycles. The van der Waals surface area contributed by atoms with Crippen molar-refractivity contribution in [2.75, 3.05) is 23.8 Å². The summed E-state index contributed by atoms with van der Waals surface area (Å²) in [5.41, 5.74) is 2.18. The minimum absolute atomic E-state index is 0.0473. The van der Waals surface area contributed by atoms with E-state index in [1.807, 2.05) is 6.92 Å². The van der Waals surface area contributed by atoms with E-state index in [0.717, 1.165) is 9.87 Å². The van der Waals surface area contributed by atoms with Crippen LogP contribution in [0.2, 0.25) is 0 Å². The molecule has 1 aliphatic rings. The number of nitrogens with one attached hydrogen (secondary N) is 1. The summed E-state index contributed by atoms with van der Waals surface area (Å²) in [5, 5.41) is 2.50. The molecule has 1 atom stereocenters. The Balaban J connectivity index is 1.75. The number of hydrogen-bond acceptors (Lipinski definition) is 4. The van der Waals surface area contributed by atoms with Crippen LogP contribution in [0.4, 0.5) is 15.8 Å². The molecule has 7 nitrogen and oxygen atoms in total. The third-order valence-corrected chi connectivity index (χ3v) is 6.94. The SMILES string of the molecule is CC(=O)N1c2ccc(S(=O)(=O)N(C)CC(=O)Nc3ccc(C)c(F)c3)cc2CC1C. The van der Waals surface area contributed by atoms with E-state index in [2.05, 4.69) is 5.32 Å². The maximum Gasteiger partial charge on any atom is 0.243 e. The zero-order chi connectivity index (χ0) is 22.2. The topological polar surface area (TPSA) is 86.8 Å². The van der Waals surface area contributed by atoms with Crippen LogP contribution in [0.25, 0.3) is 0 Å². The van der Waals surface area contributed by atoms with Gasteiger partial charge in [0, 0.05) is 31.4 Å². The molecular weight excluding hydrogens is 409 g/mol. The number of likely N-dealkylation sites (N-methyl/N-ethyl adjacent to an activating group) is 1. The number of amides is 2. The summed E-state index contributed by atoms with van der Waals surface area (Å²) < 4.78 is 40.4. The van der Waals surface area contributed by atoms with Crippen molar-refractivity contribution in [3.05, 3.63) is 53.3 Å². The van der Waals surface area contributed by atoms with Gasteiger partial charge in [0.2, 0.25) is 21.8 Å². The molecule has 0 aliphatic carbocycles. The van der Waals surface area contributed by atoms with E-state index >= 15 is 0 Å². The predicted octanol–water partition coefficient (Wildman–Crippen LogP) is 2.69. The van der Waals surface area contributed by atoms with Crippen LogP contribution in [-0.2, 0) is 26.0 Å². The third kappa shape index (κ3) is 4.22. The van der Waals surface area contributed by atoms with Gasteiger partial charge in [-0.2, -0.15) is 4.31 Å². The molecule has 0 saturated carbocycles. The molecule has 0 spiro atoms. The molecule has 1 heterocycles. The Bertz CT molecular complexity index is 1120. The van der Waals surface area contributed by atoms with Gasteiger partial charge in [-0.15, -0.1) is 0 Å². The molecule has 0 radical (unpaired) electrons. The monoisotopic (exact) mass is 433 g/mol. The Hall–Kier alpha value is -2.78. The van der Waals surface area contributed by atoms with E-state index in [1.165, 1.54) is 32.2 Å². The molecule has 0 bridgehead atoms. The molecule has 1 aliphatic heterocycles. The molecule has 30 heavy (non-hydrogen) atoms. The Labute approximate surface area is 175 Å². The maximum atomic E-state index is 13.6. The first kappa shape index (κ1) is 21.9. The van der Waals surface area contributed by atoms with E-state index in [1.54, 1.807) is 30.0 Å². The number of carbonyl (C=O) groups excluding carboxylic acids is 2. The fourth-order valence-electron chi connectivity index (χ4n) is 3.59. The highest BCUT2D eigenvalue weighted by atomic mass is 32.2. The predicted molar refractivity (Wildman–Crippen MR) is 112 cm³/mol. The molecular formula is C21H24FN3O4S. The van der Waals surface area contributed by atoms with Crippen molar-refractivity contribution >= 4 is 33.2 Å². The lowest BCUT2D eigenvalue weighted by molar-refractivity contribution is -0.117. The standard InChI is InChI=1S/C21H24FN3O4S/c1-13-5-6-17(11-19(13)22)23-21(27)12-24(4)30(28,29)18-7-8-20-16(10-18)9-14(2)25(20)15(3)26/h5-8,10-11,14H,9,12H2,1-4H3,(H,23,27). The lowest BCUT2D eigenvalue weighted by Crippen LogP contribution is -2.35. The van der Waals surface area contributed by atoms with Crippen molar-refractivity contribution in [3.8, 4) is 0 Å². The van der Waals surface area contributed by atoms with Gasteiger partial charge in [-0.05, 0) is 61.7 Å². The second-order valence-corrected chi connectivity index (χ2v) is 9.55. The normalized spacial score (nSPS) is 15.9. The van der Waals surface area contributed by atoms with Gasteiger partial charge >= 0.3 is 0 Å². The van der Waals surface area contributed by atoms with Crippen LogP contribution in [0.1, 0.15) is 25.0 Å². The van der Waals surface area contributed by atoms with Gasteiger partial charge < -0.3 is 10.2 Å². The Morgan fingerprint density at radius 2 is 1.93 bits per heavy atom. The second-order valence-electron chi connectivity index (χ2n) is 7.51. The average molecular weight is 434 g/mol. The van der Waals surface area contributed by atoms with Crippen molar-refractivity contribution in [2.24, 2.45) is 0 Å². The van der Waals surface area contributed by atoms with Crippen LogP contribution in [0, 0.1) is 12.7 Å². The highest BCUT2D eigenvalue weighted by Crippen LogP contribution is 2.34. The maximum absolute atomic E-state index is 13.6. The average Bonchev–Trinajstić information content (AvgIpc) is 2.99. The molecule has 2 aromatic rings. The number of fused-ring (bicyclic) bond motifs is 1. The van der Waals surface area contributed by atoms with Crippen LogP contribution >= 0.6 is 0 Å². The van der Waals surface area contributed by atoms with E-state index in [9.17, 15) is 22.4 Å².